The van der Waals surface area contributed by atoms with Crippen LogP contribution in [0.1, 0.15) is 11.1 Å². The van der Waals surface area contributed by atoms with Crippen molar-refractivity contribution in [3.05, 3.63) is 72.7 Å². The van der Waals surface area contributed by atoms with Crippen molar-refractivity contribution >= 4 is 52.0 Å². The summed E-state index contributed by atoms with van der Waals surface area (Å²) < 4.78 is 0.714. The standard InChI is InChI=1S/C16H11Cl3N4O2/c17-9-4-5-13-10(6-9)16(15-11(18)2-1-3-12(15)19)23(25)7-14(22-13)20-8-21-24/h1-6H,7-8H2,(H,20,22). The Morgan fingerprint density at radius 1 is 1.20 bits per heavy atom. The zero-order valence-corrected chi connectivity index (χ0v) is 14.9. The molecule has 128 valence electrons. The minimum atomic E-state index is -0.197. The molecule has 0 aliphatic carbocycles. The number of nitroso groups, excluding NO2 is 1. The Morgan fingerprint density at radius 3 is 2.60 bits per heavy atom. The summed E-state index contributed by atoms with van der Waals surface area (Å²) in [6.45, 7) is -0.323. The Morgan fingerprint density at radius 2 is 1.92 bits per heavy atom. The first kappa shape index (κ1) is 17.7. The van der Waals surface area contributed by atoms with Crippen LogP contribution in [0.2, 0.25) is 15.1 Å². The number of hydrogen-bond acceptors (Lipinski definition) is 5. The topological polar surface area (TPSA) is 79.9 Å². The molecule has 25 heavy (non-hydrogen) atoms. The average Bonchev–Trinajstić information content (AvgIpc) is 2.70. The number of nitrogens with zero attached hydrogens (tertiary/aromatic N) is 3. The first-order valence-electron chi connectivity index (χ1n) is 7.17. The summed E-state index contributed by atoms with van der Waals surface area (Å²) in [7, 11) is 0. The Balaban J connectivity index is 2.26. The van der Waals surface area contributed by atoms with Gasteiger partial charge < -0.3 is 10.5 Å². The van der Waals surface area contributed by atoms with Crippen LogP contribution in [0.3, 0.4) is 0 Å². The molecule has 1 aliphatic heterocycles. The van der Waals surface area contributed by atoms with Gasteiger partial charge in [0.1, 0.15) is 0 Å². The Kier molecular flexibility index (Phi) is 5.22. The fraction of sp³-hybridized carbons (Fsp3) is 0.125. The predicted octanol–water partition coefficient (Wildman–Crippen LogP) is 4.35. The number of rotatable bonds is 3. The van der Waals surface area contributed by atoms with E-state index in [1.54, 1.807) is 36.4 Å². The molecule has 0 saturated heterocycles. The maximum Gasteiger partial charge on any atom is 0.231 e. The SMILES string of the molecule is O=NCNC1=Nc2ccc(Cl)cc2C(c2c(Cl)cccc2Cl)=[N+]([O-])C1. The van der Waals surface area contributed by atoms with Gasteiger partial charge in [-0.2, -0.15) is 4.74 Å². The van der Waals surface area contributed by atoms with Crippen LogP contribution in [-0.2, 0) is 0 Å². The van der Waals surface area contributed by atoms with E-state index in [4.69, 9.17) is 34.8 Å². The van der Waals surface area contributed by atoms with Gasteiger partial charge in [-0.15, -0.1) is 4.91 Å². The normalized spacial score (nSPS) is 13.8. The molecule has 9 heteroatoms. The number of halogens is 3. The molecular formula is C16H11Cl3N4O2. The molecule has 0 spiro atoms. The lowest BCUT2D eigenvalue weighted by Crippen LogP contribution is -2.32. The van der Waals surface area contributed by atoms with Gasteiger partial charge in [-0.05, 0) is 35.5 Å². The first-order valence-corrected chi connectivity index (χ1v) is 8.31. The summed E-state index contributed by atoms with van der Waals surface area (Å²) in [5, 5.41) is 19.4. The van der Waals surface area contributed by atoms with Gasteiger partial charge >= 0.3 is 0 Å². The minimum Gasteiger partial charge on any atom is -0.623 e. The van der Waals surface area contributed by atoms with Crippen molar-refractivity contribution in [1.82, 2.24) is 5.32 Å². The molecule has 3 rings (SSSR count). The second-order valence-corrected chi connectivity index (χ2v) is 6.42. The minimum absolute atomic E-state index is 0.126. The average molecular weight is 398 g/mol. The highest BCUT2D eigenvalue weighted by molar-refractivity contribution is 6.41. The fourth-order valence-corrected chi connectivity index (χ4v) is 3.28. The van der Waals surface area contributed by atoms with Crippen LogP contribution in [0.5, 0.6) is 0 Å². The van der Waals surface area contributed by atoms with E-state index in [9.17, 15) is 10.1 Å². The van der Waals surface area contributed by atoms with Gasteiger partial charge in [-0.25, -0.2) is 4.99 Å². The summed E-state index contributed by atoms with van der Waals surface area (Å²) in [6.07, 6.45) is 0. The highest BCUT2D eigenvalue weighted by Gasteiger charge is 2.28. The summed E-state index contributed by atoms with van der Waals surface area (Å²) in [4.78, 5) is 14.8. The van der Waals surface area contributed by atoms with Crippen molar-refractivity contribution in [3.8, 4) is 0 Å². The van der Waals surface area contributed by atoms with Crippen LogP contribution < -0.4 is 5.32 Å². The summed E-state index contributed by atoms with van der Waals surface area (Å²) >= 11 is 18.7. The molecule has 2 aromatic carbocycles. The molecule has 0 unspecified atom stereocenters. The third kappa shape index (κ3) is 3.61. The summed E-state index contributed by atoms with van der Waals surface area (Å²) in [6, 6.07) is 9.95. The van der Waals surface area contributed by atoms with Gasteiger partial charge in [-0.1, -0.05) is 40.9 Å². The first-order chi connectivity index (χ1) is 12.0. The van der Waals surface area contributed by atoms with Crippen molar-refractivity contribution in [3.63, 3.8) is 0 Å². The largest absolute Gasteiger partial charge is 0.623 e. The van der Waals surface area contributed by atoms with Gasteiger partial charge in [-0.3, -0.25) is 0 Å². The number of hydrogen-bond donors (Lipinski definition) is 1. The second kappa shape index (κ2) is 7.39. The van der Waals surface area contributed by atoms with Crippen molar-refractivity contribution < 1.29 is 4.74 Å². The number of fused-ring (bicyclic) bond motifs is 1. The fourth-order valence-electron chi connectivity index (χ4n) is 2.53. The van der Waals surface area contributed by atoms with Crippen LogP contribution >= 0.6 is 34.8 Å². The summed E-state index contributed by atoms with van der Waals surface area (Å²) in [5.74, 6) is 0.302. The van der Waals surface area contributed by atoms with E-state index >= 15 is 0 Å². The van der Waals surface area contributed by atoms with Crippen LogP contribution in [0, 0.1) is 10.1 Å². The zero-order chi connectivity index (χ0) is 18.0. The van der Waals surface area contributed by atoms with E-state index in [-0.39, 0.29) is 18.9 Å². The molecule has 1 N–H and O–H groups in total. The van der Waals surface area contributed by atoms with Gasteiger partial charge in [0, 0.05) is 5.02 Å². The lowest BCUT2D eigenvalue weighted by molar-refractivity contribution is -0.439. The number of benzene rings is 2. The van der Waals surface area contributed by atoms with Gasteiger partial charge in [0.05, 0.1) is 26.9 Å². The summed E-state index contributed by atoms with van der Waals surface area (Å²) in [5.41, 5.74) is 1.65. The van der Waals surface area contributed by atoms with Gasteiger partial charge in [0.15, 0.2) is 12.5 Å². The predicted molar refractivity (Wildman–Crippen MR) is 101 cm³/mol. The molecule has 0 amide bonds. The van der Waals surface area contributed by atoms with Crippen LogP contribution in [-0.4, -0.2) is 29.5 Å². The maximum absolute atomic E-state index is 12.9. The zero-order valence-electron chi connectivity index (χ0n) is 12.7. The highest BCUT2D eigenvalue weighted by atomic mass is 35.5. The molecule has 0 atom stereocenters. The van der Waals surface area contributed by atoms with E-state index in [2.05, 4.69) is 15.5 Å². The van der Waals surface area contributed by atoms with Crippen LogP contribution in [0.15, 0.2) is 46.6 Å². The second-order valence-electron chi connectivity index (χ2n) is 5.17. The van der Waals surface area contributed by atoms with E-state index in [0.717, 1.165) is 0 Å². The third-order valence-electron chi connectivity index (χ3n) is 3.56. The van der Waals surface area contributed by atoms with Crippen LogP contribution in [0.25, 0.3) is 0 Å². The van der Waals surface area contributed by atoms with E-state index < -0.39 is 0 Å². The van der Waals surface area contributed by atoms with Crippen molar-refractivity contribution in [1.29, 1.82) is 0 Å². The lowest BCUT2D eigenvalue weighted by Gasteiger charge is -2.13. The van der Waals surface area contributed by atoms with E-state index in [1.165, 1.54) is 0 Å². The molecule has 0 fully saturated rings. The van der Waals surface area contributed by atoms with Crippen molar-refractivity contribution in [2.45, 2.75) is 0 Å². The molecular weight excluding hydrogens is 387 g/mol. The van der Waals surface area contributed by atoms with Crippen molar-refractivity contribution in [2.75, 3.05) is 13.2 Å². The highest BCUT2D eigenvalue weighted by Crippen LogP contribution is 2.33. The number of amidine groups is 1. The monoisotopic (exact) mass is 396 g/mol. The molecule has 0 bridgehead atoms. The molecule has 0 saturated carbocycles. The maximum atomic E-state index is 12.9. The Bertz CT molecular complexity index is 892. The van der Waals surface area contributed by atoms with E-state index in [1.807, 2.05) is 0 Å². The molecule has 2 aromatic rings. The molecule has 1 heterocycles. The smallest absolute Gasteiger partial charge is 0.231 e. The number of nitrogens with one attached hydrogen (secondary N) is 1. The molecule has 6 nitrogen and oxygen atoms in total. The van der Waals surface area contributed by atoms with Crippen molar-refractivity contribution in [2.24, 2.45) is 10.2 Å². The quantitative estimate of drug-likeness (QED) is 0.475. The van der Waals surface area contributed by atoms with E-state index in [0.29, 0.717) is 42.5 Å². The van der Waals surface area contributed by atoms with Gasteiger partial charge in [0.25, 0.3) is 0 Å². The Hall–Kier alpha value is -2.15. The molecule has 0 radical (unpaired) electrons. The Labute approximate surface area is 158 Å². The third-order valence-corrected chi connectivity index (χ3v) is 4.42. The number of aliphatic imine (C=N–C) groups is 1. The molecule has 1 aliphatic rings. The van der Waals surface area contributed by atoms with Crippen LogP contribution in [0.4, 0.5) is 5.69 Å². The van der Waals surface area contributed by atoms with Gasteiger partial charge in [0.2, 0.25) is 12.3 Å². The molecule has 0 aromatic heterocycles. The number of hydroxylamine groups is 1. The lowest BCUT2D eigenvalue weighted by atomic mass is 10.0.